The summed E-state index contributed by atoms with van der Waals surface area (Å²) in [6.45, 7) is 4.14. The summed E-state index contributed by atoms with van der Waals surface area (Å²) in [5.74, 6) is -0.0231. The first-order chi connectivity index (χ1) is 12.9. The third-order valence-electron chi connectivity index (χ3n) is 4.13. The number of nitrogens with one attached hydrogen (secondary N) is 1. The van der Waals surface area contributed by atoms with Crippen molar-refractivity contribution in [2.45, 2.75) is 25.8 Å². The van der Waals surface area contributed by atoms with Crippen molar-refractivity contribution < 1.29 is 19.1 Å². The van der Waals surface area contributed by atoms with E-state index in [-0.39, 0.29) is 24.9 Å². The number of rotatable bonds is 9. The predicted molar refractivity (Wildman–Crippen MR) is 111 cm³/mol. The average molecular weight is 407 g/mol. The minimum atomic E-state index is -1.08. The van der Waals surface area contributed by atoms with Crippen LogP contribution in [-0.4, -0.2) is 31.6 Å². The maximum absolute atomic E-state index is 12.4. The second-order valence-corrected chi connectivity index (χ2v) is 6.31. The molecule has 28 heavy (non-hydrogen) atoms. The van der Waals surface area contributed by atoms with Gasteiger partial charge in [-0.05, 0) is 43.5 Å². The Morgan fingerprint density at radius 2 is 1.71 bits per heavy atom. The maximum Gasteiger partial charge on any atom is 0.344 e. The molecule has 0 aliphatic heterocycles. The standard InChI is InChI=1S/C21H26N2O4.ClH/c1-3-26-19(24)15-27-18-11-9-16(10-12-18)13-14-23-20(25)21(2,22)17-7-5-4-6-8-17;/h4-12H,3,13-15,22H2,1-2H3,(H,23,25);1H. The SMILES string of the molecule is CCOC(=O)COc1ccc(CCNC(=O)C(C)(N)c2ccccc2)cc1.Cl. The first-order valence-corrected chi connectivity index (χ1v) is 8.93. The molecular weight excluding hydrogens is 380 g/mol. The van der Waals surface area contributed by atoms with Crippen LogP contribution in [0.2, 0.25) is 0 Å². The van der Waals surface area contributed by atoms with Crippen molar-refractivity contribution in [2.75, 3.05) is 19.8 Å². The first kappa shape index (κ1) is 23.5. The van der Waals surface area contributed by atoms with E-state index in [1.807, 2.05) is 42.5 Å². The Balaban J connectivity index is 0.00000392. The molecule has 152 valence electrons. The van der Waals surface area contributed by atoms with E-state index in [0.717, 1.165) is 11.1 Å². The second-order valence-electron chi connectivity index (χ2n) is 6.31. The summed E-state index contributed by atoms with van der Waals surface area (Å²) in [4.78, 5) is 23.7. The van der Waals surface area contributed by atoms with Crippen molar-refractivity contribution in [3.63, 3.8) is 0 Å². The van der Waals surface area contributed by atoms with Gasteiger partial charge in [-0.3, -0.25) is 4.79 Å². The fourth-order valence-electron chi connectivity index (χ4n) is 2.52. The zero-order valence-electron chi connectivity index (χ0n) is 16.1. The lowest BCUT2D eigenvalue weighted by molar-refractivity contribution is -0.145. The van der Waals surface area contributed by atoms with Gasteiger partial charge in [0.1, 0.15) is 11.3 Å². The lowest BCUT2D eigenvalue weighted by Gasteiger charge is -2.24. The summed E-state index contributed by atoms with van der Waals surface area (Å²) in [5.41, 5.74) is 6.92. The molecule has 7 heteroatoms. The molecule has 0 fully saturated rings. The number of hydrogen-bond donors (Lipinski definition) is 2. The summed E-state index contributed by atoms with van der Waals surface area (Å²) in [5, 5.41) is 2.88. The van der Waals surface area contributed by atoms with Gasteiger partial charge in [-0.1, -0.05) is 42.5 Å². The van der Waals surface area contributed by atoms with Crippen LogP contribution in [-0.2, 0) is 26.3 Å². The molecule has 0 saturated heterocycles. The third-order valence-corrected chi connectivity index (χ3v) is 4.13. The Morgan fingerprint density at radius 1 is 1.07 bits per heavy atom. The first-order valence-electron chi connectivity index (χ1n) is 8.93. The van der Waals surface area contributed by atoms with Crippen LogP contribution >= 0.6 is 12.4 Å². The molecule has 6 nitrogen and oxygen atoms in total. The quantitative estimate of drug-likeness (QED) is 0.624. The van der Waals surface area contributed by atoms with E-state index < -0.39 is 11.5 Å². The Labute approximate surface area is 171 Å². The number of ether oxygens (including phenoxy) is 2. The van der Waals surface area contributed by atoms with Gasteiger partial charge in [0.05, 0.1) is 6.61 Å². The summed E-state index contributed by atoms with van der Waals surface area (Å²) in [6.07, 6.45) is 0.661. The van der Waals surface area contributed by atoms with Gasteiger partial charge in [-0.15, -0.1) is 12.4 Å². The second kappa shape index (κ2) is 11.3. The molecule has 1 atom stereocenters. The molecule has 1 amide bonds. The molecule has 0 heterocycles. The lowest BCUT2D eigenvalue weighted by atomic mass is 9.92. The van der Waals surface area contributed by atoms with Crippen LogP contribution in [0.5, 0.6) is 5.75 Å². The van der Waals surface area contributed by atoms with E-state index in [1.165, 1.54) is 0 Å². The van der Waals surface area contributed by atoms with E-state index in [4.69, 9.17) is 15.2 Å². The summed E-state index contributed by atoms with van der Waals surface area (Å²) in [7, 11) is 0. The normalized spacial score (nSPS) is 12.2. The monoisotopic (exact) mass is 406 g/mol. The Morgan fingerprint density at radius 3 is 2.32 bits per heavy atom. The van der Waals surface area contributed by atoms with Crippen LogP contribution in [0.1, 0.15) is 25.0 Å². The number of esters is 1. The minimum Gasteiger partial charge on any atom is -0.482 e. The maximum atomic E-state index is 12.4. The molecule has 1 unspecified atom stereocenters. The summed E-state index contributed by atoms with van der Waals surface area (Å²) < 4.78 is 10.2. The van der Waals surface area contributed by atoms with E-state index in [9.17, 15) is 9.59 Å². The van der Waals surface area contributed by atoms with Gasteiger partial charge in [0.15, 0.2) is 6.61 Å². The van der Waals surface area contributed by atoms with Crippen LogP contribution in [0, 0.1) is 0 Å². The molecule has 2 aromatic carbocycles. The third kappa shape index (κ3) is 6.87. The van der Waals surface area contributed by atoms with Crippen molar-refractivity contribution >= 4 is 24.3 Å². The number of halogens is 1. The smallest absolute Gasteiger partial charge is 0.344 e. The number of carbonyl (C=O) groups is 2. The average Bonchev–Trinajstić information content (AvgIpc) is 2.68. The van der Waals surface area contributed by atoms with Crippen LogP contribution in [0.15, 0.2) is 54.6 Å². The molecule has 3 N–H and O–H groups in total. The van der Waals surface area contributed by atoms with Gasteiger partial charge >= 0.3 is 5.97 Å². The highest BCUT2D eigenvalue weighted by Gasteiger charge is 2.29. The molecule has 2 aromatic rings. The van der Waals surface area contributed by atoms with Crippen molar-refractivity contribution in [1.82, 2.24) is 5.32 Å². The highest BCUT2D eigenvalue weighted by molar-refractivity contribution is 5.87. The van der Waals surface area contributed by atoms with Crippen molar-refractivity contribution in [3.8, 4) is 5.75 Å². The number of hydrogen-bond acceptors (Lipinski definition) is 5. The van der Waals surface area contributed by atoms with Crippen LogP contribution in [0.4, 0.5) is 0 Å². The molecule has 0 saturated carbocycles. The molecule has 0 aromatic heterocycles. The summed E-state index contributed by atoms with van der Waals surface area (Å²) in [6, 6.07) is 16.6. The van der Waals surface area contributed by atoms with Crippen LogP contribution < -0.4 is 15.8 Å². The van der Waals surface area contributed by atoms with Gasteiger partial charge in [0, 0.05) is 6.54 Å². The topological polar surface area (TPSA) is 90.6 Å². The Kier molecular flexibility index (Phi) is 9.48. The number of amides is 1. The highest BCUT2D eigenvalue weighted by atomic mass is 35.5. The van der Waals surface area contributed by atoms with Gasteiger partial charge in [-0.2, -0.15) is 0 Å². The predicted octanol–water partition coefficient (Wildman–Crippen LogP) is 2.58. The van der Waals surface area contributed by atoms with E-state index >= 15 is 0 Å². The van der Waals surface area contributed by atoms with E-state index in [0.29, 0.717) is 25.3 Å². The zero-order chi connectivity index (χ0) is 19.7. The molecule has 0 aliphatic carbocycles. The molecule has 0 radical (unpaired) electrons. The number of benzene rings is 2. The van der Waals surface area contributed by atoms with Crippen LogP contribution in [0.25, 0.3) is 0 Å². The fourth-order valence-corrected chi connectivity index (χ4v) is 2.52. The molecule has 0 aliphatic rings. The van der Waals surface area contributed by atoms with Gasteiger partial charge in [0.25, 0.3) is 0 Å². The number of carbonyl (C=O) groups excluding carboxylic acids is 2. The number of nitrogens with two attached hydrogens (primary N) is 1. The summed E-state index contributed by atoms with van der Waals surface area (Å²) >= 11 is 0. The van der Waals surface area contributed by atoms with Gasteiger partial charge < -0.3 is 20.5 Å². The zero-order valence-corrected chi connectivity index (χ0v) is 17.0. The highest BCUT2D eigenvalue weighted by Crippen LogP contribution is 2.17. The van der Waals surface area contributed by atoms with Gasteiger partial charge in [-0.25, -0.2) is 4.79 Å². The van der Waals surface area contributed by atoms with Gasteiger partial charge in [0.2, 0.25) is 5.91 Å². The largest absolute Gasteiger partial charge is 0.482 e. The Bertz CT molecular complexity index is 749. The van der Waals surface area contributed by atoms with Crippen molar-refractivity contribution in [2.24, 2.45) is 5.73 Å². The van der Waals surface area contributed by atoms with Crippen molar-refractivity contribution in [3.05, 3.63) is 65.7 Å². The molecule has 2 rings (SSSR count). The Hall–Kier alpha value is -2.57. The van der Waals surface area contributed by atoms with Crippen molar-refractivity contribution in [1.29, 1.82) is 0 Å². The molecule has 0 spiro atoms. The van der Waals surface area contributed by atoms with E-state index in [2.05, 4.69) is 5.32 Å². The van der Waals surface area contributed by atoms with E-state index in [1.54, 1.807) is 26.0 Å². The molecular formula is C21H27ClN2O4. The lowest BCUT2D eigenvalue weighted by Crippen LogP contribution is -2.49. The van der Waals surface area contributed by atoms with Crippen LogP contribution in [0.3, 0.4) is 0 Å². The fraction of sp³-hybridized carbons (Fsp3) is 0.333. The minimum absolute atomic E-state index is 0. The molecule has 0 bridgehead atoms.